The molecule has 2 rings (SSSR count). The van der Waals surface area contributed by atoms with Crippen molar-refractivity contribution in [2.75, 3.05) is 5.32 Å². The van der Waals surface area contributed by atoms with Gasteiger partial charge in [-0.2, -0.15) is 0 Å². The van der Waals surface area contributed by atoms with E-state index in [1.165, 1.54) is 18.2 Å². The maximum atomic E-state index is 11.2. The fourth-order valence-corrected chi connectivity index (χ4v) is 2.74. The Hall–Kier alpha value is -2.11. The van der Waals surface area contributed by atoms with Crippen LogP contribution in [0.1, 0.15) is 43.5 Å². The summed E-state index contributed by atoms with van der Waals surface area (Å²) in [5, 5.41) is 14.2. The normalized spacial score (nSPS) is 20.6. The number of nitro groups is 1. The van der Waals surface area contributed by atoms with Crippen molar-refractivity contribution in [1.29, 1.82) is 0 Å². The molecule has 108 valence electrons. The van der Waals surface area contributed by atoms with Crippen LogP contribution in [0.5, 0.6) is 0 Å². The Morgan fingerprint density at radius 3 is 2.70 bits per heavy atom. The summed E-state index contributed by atoms with van der Waals surface area (Å²) < 4.78 is 0. The highest BCUT2D eigenvalue weighted by molar-refractivity contribution is 5.94. The highest BCUT2D eigenvalue weighted by Gasteiger charge is 2.32. The molecule has 0 aromatic heterocycles. The second-order valence-electron chi connectivity index (χ2n) is 6.10. The lowest BCUT2D eigenvalue weighted by Crippen LogP contribution is -2.19. The highest BCUT2D eigenvalue weighted by Crippen LogP contribution is 2.39. The van der Waals surface area contributed by atoms with Gasteiger partial charge in [-0.05, 0) is 36.8 Å². The monoisotopic (exact) mass is 277 g/mol. The van der Waals surface area contributed by atoms with Crippen LogP contribution in [0.25, 0.3) is 0 Å². The molecule has 6 heteroatoms. The van der Waals surface area contributed by atoms with Gasteiger partial charge in [-0.1, -0.05) is 13.8 Å². The largest absolute Gasteiger partial charge is 0.377 e. The van der Waals surface area contributed by atoms with Crippen LogP contribution >= 0.6 is 0 Å². The smallest absolute Gasteiger partial charge is 0.292 e. The van der Waals surface area contributed by atoms with Gasteiger partial charge in [0.05, 0.1) is 4.92 Å². The Balaban J connectivity index is 2.26. The van der Waals surface area contributed by atoms with Crippen LogP contribution in [0, 0.1) is 15.5 Å². The van der Waals surface area contributed by atoms with Crippen LogP contribution in [0.4, 0.5) is 11.4 Å². The van der Waals surface area contributed by atoms with Gasteiger partial charge in [-0.25, -0.2) is 0 Å². The summed E-state index contributed by atoms with van der Waals surface area (Å²) in [7, 11) is 0. The molecule has 0 heterocycles. The Morgan fingerprint density at radius 1 is 1.50 bits per heavy atom. The zero-order chi connectivity index (χ0) is 14.9. The number of carbonyl (C=O) groups is 1. The fourth-order valence-electron chi connectivity index (χ4n) is 2.74. The van der Waals surface area contributed by atoms with E-state index in [1.807, 2.05) is 0 Å². The first kappa shape index (κ1) is 14.3. The van der Waals surface area contributed by atoms with E-state index in [4.69, 9.17) is 5.73 Å². The molecule has 1 amide bonds. The Morgan fingerprint density at radius 2 is 2.20 bits per heavy atom. The number of rotatable bonds is 4. The highest BCUT2D eigenvalue weighted by atomic mass is 16.6. The topological polar surface area (TPSA) is 98.3 Å². The van der Waals surface area contributed by atoms with Gasteiger partial charge >= 0.3 is 0 Å². The van der Waals surface area contributed by atoms with E-state index in [2.05, 4.69) is 19.2 Å². The number of nitro benzene ring substituents is 1. The summed E-state index contributed by atoms with van der Waals surface area (Å²) >= 11 is 0. The first-order valence-corrected chi connectivity index (χ1v) is 6.63. The molecule has 0 spiro atoms. The van der Waals surface area contributed by atoms with Crippen molar-refractivity contribution in [2.24, 2.45) is 11.1 Å². The summed E-state index contributed by atoms with van der Waals surface area (Å²) in [5.41, 5.74) is 6.08. The van der Waals surface area contributed by atoms with E-state index in [0.29, 0.717) is 5.69 Å². The third kappa shape index (κ3) is 3.07. The van der Waals surface area contributed by atoms with E-state index < -0.39 is 10.8 Å². The summed E-state index contributed by atoms with van der Waals surface area (Å²) in [6, 6.07) is 4.35. The predicted octanol–water partition coefficient (Wildman–Crippen LogP) is 2.68. The first-order valence-electron chi connectivity index (χ1n) is 6.63. The summed E-state index contributed by atoms with van der Waals surface area (Å²) in [4.78, 5) is 21.8. The number of primary amides is 1. The molecular formula is C14H19N3O3. The van der Waals surface area contributed by atoms with Crippen molar-refractivity contribution in [1.82, 2.24) is 0 Å². The molecule has 1 aromatic carbocycles. The molecule has 3 N–H and O–H groups in total. The minimum atomic E-state index is -0.588. The minimum Gasteiger partial charge on any atom is -0.377 e. The lowest BCUT2D eigenvalue weighted by molar-refractivity contribution is -0.384. The van der Waals surface area contributed by atoms with Gasteiger partial charge in [0.2, 0.25) is 5.91 Å². The molecular weight excluding hydrogens is 258 g/mol. The molecule has 1 fully saturated rings. The van der Waals surface area contributed by atoms with Crippen molar-refractivity contribution in [3.63, 3.8) is 0 Å². The molecule has 6 nitrogen and oxygen atoms in total. The number of benzene rings is 1. The van der Waals surface area contributed by atoms with Crippen molar-refractivity contribution in [3.05, 3.63) is 33.9 Å². The first-order chi connectivity index (χ1) is 9.28. The van der Waals surface area contributed by atoms with Gasteiger partial charge < -0.3 is 11.1 Å². The summed E-state index contributed by atoms with van der Waals surface area (Å²) in [5.74, 6) is -0.588. The van der Waals surface area contributed by atoms with Gasteiger partial charge in [-0.15, -0.1) is 0 Å². The van der Waals surface area contributed by atoms with Crippen LogP contribution in [0.2, 0.25) is 0 Å². The van der Waals surface area contributed by atoms with Crippen LogP contribution in [-0.2, 0) is 0 Å². The molecule has 0 bridgehead atoms. The van der Waals surface area contributed by atoms with Gasteiger partial charge in [0.1, 0.15) is 5.69 Å². The van der Waals surface area contributed by atoms with E-state index in [0.717, 1.165) is 19.3 Å². The van der Waals surface area contributed by atoms with E-state index in [1.54, 1.807) is 0 Å². The number of anilines is 1. The number of nitrogens with zero attached hydrogens (tertiary/aromatic N) is 1. The number of hydrogen-bond donors (Lipinski definition) is 2. The Bertz CT molecular complexity index is 555. The van der Waals surface area contributed by atoms with E-state index in [9.17, 15) is 14.9 Å². The lowest BCUT2D eigenvalue weighted by atomic mass is 9.92. The number of nitrogens with one attached hydrogen (secondary N) is 1. The maximum Gasteiger partial charge on any atom is 0.292 e. The molecule has 1 atom stereocenters. The number of amides is 1. The average molecular weight is 277 g/mol. The molecule has 0 radical (unpaired) electrons. The molecule has 20 heavy (non-hydrogen) atoms. The molecule has 1 aliphatic rings. The van der Waals surface area contributed by atoms with Gasteiger partial charge in [0, 0.05) is 17.7 Å². The second kappa shape index (κ2) is 5.11. The zero-order valence-corrected chi connectivity index (χ0v) is 11.7. The molecule has 1 aromatic rings. The SMILES string of the molecule is CC1(C)CCC(Nc2cc(C(N)=O)ccc2[N+](=O)[O-])C1. The van der Waals surface area contributed by atoms with Gasteiger partial charge in [0.25, 0.3) is 5.69 Å². The van der Waals surface area contributed by atoms with Crippen molar-refractivity contribution in [2.45, 2.75) is 39.2 Å². The third-order valence-corrected chi connectivity index (χ3v) is 3.81. The zero-order valence-electron chi connectivity index (χ0n) is 11.7. The van der Waals surface area contributed by atoms with Crippen molar-refractivity contribution >= 4 is 17.3 Å². The minimum absolute atomic E-state index is 0.0280. The number of hydrogen-bond acceptors (Lipinski definition) is 4. The molecule has 0 aliphatic heterocycles. The van der Waals surface area contributed by atoms with Gasteiger partial charge in [0.15, 0.2) is 0 Å². The third-order valence-electron chi connectivity index (χ3n) is 3.81. The van der Waals surface area contributed by atoms with Crippen LogP contribution in [-0.4, -0.2) is 16.9 Å². The van der Waals surface area contributed by atoms with E-state index >= 15 is 0 Å². The van der Waals surface area contributed by atoms with Gasteiger partial charge in [-0.3, -0.25) is 14.9 Å². The molecule has 1 aliphatic carbocycles. The second-order valence-corrected chi connectivity index (χ2v) is 6.10. The fraction of sp³-hybridized carbons (Fsp3) is 0.500. The summed E-state index contributed by atoms with van der Waals surface area (Å²) in [6.45, 7) is 4.37. The lowest BCUT2D eigenvalue weighted by Gasteiger charge is -2.18. The number of nitrogens with two attached hydrogens (primary N) is 1. The maximum absolute atomic E-state index is 11.2. The predicted molar refractivity (Wildman–Crippen MR) is 76.7 cm³/mol. The standard InChI is InChI=1S/C14H19N3O3/c1-14(2)6-5-10(8-14)16-11-7-9(13(15)18)3-4-12(11)17(19)20/h3-4,7,10,16H,5-6,8H2,1-2H3,(H2,15,18). The quantitative estimate of drug-likeness (QED) is 0.653. The molecule has 1 unspecified atom stereocenters. The summed E-state index contributed by atoms with van der Waals surface area (Å²) in [6.07, 6.45) is 2.99. The van der Waals surface area contributed by atoms with E-state index in [-0.39, 0.29) is 22.7 Å². The number of carbonyl (C=O) groups excluding carboxylic acids is 1. The van der Waals surface area contributed by atoms with Crippen LogP contribution in [0.15, 0.2) is 18.2 Å². The van der Waals surface area contributed by atoms with Crippen LogP contribution < -0.4 is 11.1 Å². The Kier molecular flexibility index (Phi) is 3.65. The van der Waals surface area contributed by atoms with Crippen LogP contribution in [0.3, 0.4) is 0 Å². The Labute approximate surface area is 117 Å². The average Bonchev–Trinajstić information content (AvgIpc) is 2.68. The van der Waals surface area contributed by atoms with Crippen molar-refractivity contribution < 1.29 is 9.72 Å². The molecule has 1 saturated carbocycles. The van der Waals surface area contributed by atoms with Crippen molar-refractivity contribution in [3.8, 4) is 0 Å². The molecule has 0 saturated heterocycles.